The zero-order valence-corrected chi connectivity index (χ0v) is 25.3. The molecule has 0 radical (unpaired) electrons. The fraction of sp³-hybridized carbons (Fsp3) is 0. The third kappa shape index (κ3) is 7.26. The van der Waals surface area contributed by atoms with Crippen molar-refractivity contribution in [3.05, 3.63) is 185 Å². The first-order valence-electron chi connectivity index (χ1n) is 13.3. The van der Waals surface area contributed by atoms with E-state index in [2.05, 4.69) is 0 Å². The van der Waals surface area contributed by atoms with Crippen molar-refractivity contribution < 1.29 is 36.7 Å². The van der Waals surface area contributed by atoms with Gasteiger partial charge in [-0.25, -0.2) is 8.78 Å². The normalized spacial score (nSPS) is 17.0. The summed E-state index contributed by atoms with van der Waals surface area (Å²) in [4.78, 5) is 2.80. The predicted octanol–water partition coefficient (Wildman–Crippen LogP) is 6.32. The van der Waals surface area contributed by atoms with Crippen LogP contribution in [-0.2, 0) is 3.74 Å². The van der Waals surface area contributed by atoms with E-state index in [1.807, 2.05) is 91.0 Å². The minimum atomic E-state index is -4.74. The Morgan fingerprint density at radius 3 is 1.59 bits per heavy atom. The van der Waals surface area contributed by atoms with Crippen LogP contribution in [-0.4, -0.2) is 4.86 Å². The van der Waals surface area contributed by atoms with Gasteiger partial charge in [0.15, 0.2) is 0 Å². The van der Waals surface area contributed by atoms with Gasteiger partial charge in [-0.05, 0) is 88.0 Å². The molecule has 0 spiro atoms. The number of allylic oxidation sites excluding steroid dienone is 7. The van der Waals surface area contributed by atoms with Crippen molar-refractivity contribution >= 4 is 42.1 Å². The molecular weight excluding hydrogens is 622 g/mol. The summed E-state index contributed by atoms with van der Waals surface area (Å²) in [5, 5.41) is 0. The molecule has 0 saturated carbocycles. The molecule has 1 atom stereocenters. The summed E-state index contributed by atoms with van der Waals surface area (Å²) in [7, 11) is -6.28. The topological polar surface area (TPSA) is 78.4 Å². The molecule has 0 fully saturated rings. The smallest absolute Gasteiger partial charge is 0.148 e. The average Bonchev–Trinajstić information content (AvgIpc) is 3.02. The van der Waals surface area contributed by atoms with E-state index < -0.39 is 21.0 Å². The number of thioether (sulfide) groups is 1. The largest absolute Gasteiger partial charge is 0.207 e. The number of hydrogen-bond acceptors (Lipinski definition) is 5. The summed E-state index contributed by atoms with van der Waals surface area (Å²) < 4.78 is 68.4. The van der Waals surface area contributed by atoms with Crippen molar-refractivity contribution in [2.24, 2.45) is 0 Å². The maximum absolute atomic E-state index is 13.7. The maximum atomic E-state index is 13.7. The van der Waals surface area contributed by atoms with Gasteiger partial charge in [0.05, 0.1) is 20.0 Å². The lowest BCUT2D eigenvalue weighted by atomic mass is 10.0. The lowest BCUT2D eigenvalue weighted by Crippen LogP contribution is -2.60. The second-order valence-electron chi connectivity index (χ2n) is 9.74. The molecule has 0 bridgehead atoms. The maximum Gasteiger partial charge on any atom is 0.148 e. The van der Waals surface area contributed by atoms with Crippen LogP contribution in [0.5, 0.6) is 0 Å². The average molecular weight is 645 g/mol. The van der Waals surface area contributed by atoms with E-state index in [1.54, 1.807) is 24.3 Å². The highest BCUT2D eigenvalue weighted by Gasteiger charge is 2.31. The van der Waals surface area contributed by atoms with E-state index in [0.717, 1.165) is 32.1 Å². The van der Waals surface area contributed by atoms with Gasteiger partial charge in [0.25, 0.3) is 0 Å². The van der Waals surface area contributed by atoms with Gasteiger partial charge in [-0.3, -0.25) is 0 Å². The van der Waals surface area contributed by atoms with Crippen LogP contribution < -0.4 is 14.0 Å². The molecule has 220 valence electrons. The Hall–Kier alpha value is -3.86. The molecule has 0 aliphatic carbocycles. The monoisotopic (exact) mass is 644 g/mol. The van der Waals surface area contributed by atoms with Crippen LogP contribution in [0.1, 0.15) is 22.3 Å². The summed E-state index contributed by atoms with van der Waals surface area (Å²) in [6, 6.07) is 30.8. The Morgan fingerprint density at radius 2 is 1.09 bits per heavy atom. The van der Waals surface area contributed by atoms with Gasteiger partial charge < -0.3 is 0 Å². The lowest BCUT2D eigenvalue weighted by molar-refractivity contribution is -1.91. The number of halogens is 3. The molecule has 4 aromatic rings. The molecule has 2 aliphatic heterocycles. The molecule has 0 amide bonds. The van der Waals surface area contributed by atoms with Gasteiger partial charge in [-0.1, -0.05) is 96.7 Å². The van der Waals surface area contributed by atoms with Crippen molar-refractivity contribution in [1.82, 2.24) is 0 Å². The standard InChI is InChI=1S/C35H23ClF2O4S2/c37-30-15-11-26(12-16-30)32-20-24(21-33(43-32)27-13-17-31(38)18-14-27)19-25-22-34(28-7-3-1-4-8-28)44(42-36(39,40)41)35(23-25)29-9-5-2-6-10-29/h1-23H. The van der Waals surface area contributed by atoms with E-state index >= 15 is 0 Å². The van der Waals surface area contributed by atoms with E-state index in [9.17, 15) is 22.8 Å². The molecular formula is C35H23ClF2O4S2. The van der Waals surface area contributed by atoms with Crippen molar-refractivity contribution in [3.63, 3.8) is 0 Å². The highest BCUT2D eigenvalue weighted by molar-refractivity contribution is 8.20. The first-order valence-corrected chi connectivity index (χ1v) is 16.5. The molecule has 6 rings (SSSR count). The summed E-state index contributed by atoms with van der Waals surface area (Å²) >= 11 is 1.49. The third-order valence-electron chi connectivity index (χ3n) is 6.66. The van der Waals surface area contributed by atoms with Crippen molar-refractivity contribution in [2.75, 3.05) is 0 Å². The molecule has 44 heavy (non-hydrogen) atoms. The molecule has 1 unspecified atom stereocenters. The first kappa shape index (κ1) is 30.2. The highest BCUT2D eigenvalue weighted by Crippen LogP contribution is 2.46. The summed E-state index contributed by atoms with van der Waals surface area (Å²) in [5.41, 5.74) is 4.59. The van der Waals surface area contributed by atoms with Crippen LogP contribution in [0.25, 0.3) is 14.7 Å². The zero-order valence-electron chi connectivity index (χ0n) is 22.9. The molecule has 4 aromatic carbocycles. The van der Waals surface area contributed by atoms with Gasteiger partial charge in [0.2, 0.25) is 0 Å². The van der Waals surface area contributed by atoms with Crippen LogP contribution in [0.3, 0.4) is 0 Å². The van der Waals surface area contributed by atoms with Gasteiger partial charge in [0, 0.05) is 9.81 Å². The summed E-state index contributed by atoms with van der Waals surface area (Å²) in [6.45, 7) is 0. The molecule has 2 heterocycles. The predicted molar refractivity (Wildman–Crippen MR) is 166 cm³/mol. The van der Waals surface area contributed by atoms with Gasteiger partial charge in [0.1, 0.15) is 26.1 Å². The van der Waals surface area contributed by atoms with E-state index in [1.165, 1.54) is 36.0 Å². The van der Waals surface area contributed by atoms with E-state index in [4.69, 9.17) is 3.74 Å². The second kappa shape index (κ2) is 13.0. The SMILES string of the molecule is [O-][Cl+3]([O-])([O-])OS1=C(c2ccccc2)C=C(C=C2C=C(c3ccc(F)cc3)SC(c3ccc(F)cc3)=C2)C=C1c1ccccc1. The Kier molecular flexibility index (Phi) is 8.93. The number of hydrogen-bond donors (Lipinski definition) is 0. The van der Waals surface area contributed by atoms with Crippen LogP contribution in [0.15, 0.2) is 151 Å². The molecule has 0 N–H and O–H groups in total. The fourth-order valence-corrected chi connectivity index (χ4v) is 8.41. The Balaban J connectivity index is 1.53. The van der Waals surface area contributed by atoms with Gasteiger partial charge in [-0.2, -0.15) is 14.0 Å². The quantitative estimate of drug-likeness (QED) is 0.220. The van der Waals surface area contributed by atoms with Crippen molar-refractivity contribution in [1.29, 1.82) is 0 Å². The van der Waals surface area contributed by atoms with E-state index in [0.29, 0.717) is 20.9 Å². The van der Waals surface area contributed by atoms with Crippen LogP contribution in [0.2, 0.25) is 0 Å². The van der Waals surface area contributed by atoms with Crippen LogP contribution >= 0.6 is 22.5 Å². The summed E-state index contributed by atoms with van der Waals surface area (Å²) in [6.07, 6.45) is 9.54. The Labute approximate surface area is 262 Å². The van der Waals surface area contributed by atoms with Crippen LogP contribution in [0, 0.1) is 21.9 Å². The minimum Gasteiger partial charge on any atom is -0.207 e. The number of rotatable bonds is 7. The second-order valence-corrected chi connectivity index (χ2v) is 13.5. The first-order chi connectivity index (χ1) is 21.2. The zero-order chi connectivity index (χ0) is 30.7. The third-order valence-corrected chi connectivity index (χ3v) is 10.4. The lowest BCUT2D eigenvalue weighted by Gasteiger charge is -2.22. The van der Waals surface area contributed by atoms with Crippen molar-refractivity contribution in [2.45, 2.75) is 0 Å². The highest BCUT2D eigenvalue weighted by atomic mass is 35.7. The Bertz CT molecular complexity index is 1810. The van der Waals surface area contributed by atoms with Crippen LogP contribution in [0.4, 0.5) is 8.78 Å². The summed E-state index contributed by atoms with van der Waals surface area (Å²) in [5.74, 6) is -0.681. The molecule has 4 nitrogen and oxygen atoms in total. The fourth-order valence-electron chi connectivity index (χ4n) is 4.69. The van der Waals surface area contributed by atoms with E-state index in [-0.39, 0.29) is 11.6 Å². The molecule has 0 saturated heterocycles. The molecule has 2 aliphatic rings. The molecule has 9 heteroatoms. The van der Waals surface area contributed by atoms with Gasteiger partial charge in [-0.15, -0.1) is 0 Å². The minimum absolute atomic E-state index is 0.341. The van der Waals surface area contributed by atoms with Crippen molar-refractivity contribution in [3.8, 4) is 0 Å². The molecule has 0 aromatic heterocycles. The van der Waals surface area contributed by atoms with Gasteiger partial charge >= 0.3 is 0 Å². The Morgan fingerprint density at radius 1 is 0.591 bits per heavy atom. The number of benzene rings is 4.